The predicted octanol–water partition coefficient (Wildman–Crippen LogP) is 4.94. The van der Waals surface area contributed by atoms with E-state index < -0.39 is 0 Å². The van der Waals surface area contributed by atoms with Crippen molar-refractivity contribution < 1.29 is 4.79 Å². The average Bonchev–Trinajstić information content (AvgIpc) is 2.73. The molecule has 0 radical (unpaired) electrons. The maximum Gasteiger partial charge on any atom is 0.261 e. The first-order valence-electron chi connectivity index (χ1n) is 10.0. The van der Waals surface area contributed by atoms with E-state index in [0.717, 1.165) is 16.5 Å². The number of amides is 1. The van der Waals surface area contributed by atoms with Crippen LogP contribution in [0, 0.1) is 0 Å². The lowest BCUT2D eigenvalue weighted by Gasteiger charge is -2.30. The summed E-state index contributed by atoms with van der Waals surface area (Å²) in [6.45, 7) is 5.32. The molecule has 152 valence electrons. The molecule has 6 heteroatoms. The molecule has 3 aromatic rings. The third kappa shape index (κ3) is 4.93. The predicted molar refractivity (Wildman–Crippen MR) is 120 cm³/mol. The van der Waals surface area contributed by atoms with Crippen LogP contribution in [0.1, 0.15) is 44.7 Å². The molecule has 1 heterocycles. The van der Waals surface area contributed by atoms with Crippen LogP contribution in [0.3, 0.4) is 0 Å². The SMILES string of the molecule is CCCN(C(=O)CCCn1cnc2ccccc2c1=O)[C@@H](C)c1ccccc1Br. The Labute approximate surface area is 179 Å². The standard InChI is InChI=1S/C23H26BrN3O2/c1-3-14-27(17(2)18-9-4-6-11-20(18)24)22(28)13-8-15-26-16-25-21-12-7-5-10-19(21)23(26)29/h4-7,9-12,16-17H,3,8,13-15H2,1-2H3/t17-/m0/s1. The quantitative estimate of drug-likeness (QED) is 0.483. The molecule has 0 aliphatic heterocycles. The molecule has 29 heavy (non-hydrogen) atoms. The van der Waals surface area contributed by atoms with E-state index in [2.05, 4.69) is 34.8 Å². The van der Waals surface area contributed by atoms with E-state index in [-0.39, 0.29) is 17.5 Å². The van der Waals surface area contributed by atoms with Crippen LogP contribution in [0.25, 0.3) is 10.9 Å². The van der Waals surface area contributed by atoms with Gasteiger partial charge in [-0.05, 0) is 43.5 Å². The van der Waals surface area contributed by atoms with Gasteiger partial charge in [0.25, 0.3) is 5.56 Å². The van der Waals surface area contributed by atoms with E-state index in [0.29, 0.717) is 36.8 Å². The summed E-state index contributed by atoms with van der Waals surface area (Å²) >= 11 is 3.59. The molecule has 1 amide bonds. The lowest BCUT2D eigenvalue weighted by atomic mass is 10.1. The molecule has 1 aromatic heterocycles. The Kier molecular flexibility index (Phi) is 7.20. The van der Waals surface area contributed by atoms with E-state index in [1.165, 1.54) is 0 Å². The molecule has 0 unspecified atom stereocenters. The first-order valence-corrected chi connectivity index (χ1v) is 10.8. The number of halogens is 1. The van der Waals surface area contributed by atoms with Crippen molar-refractivity contribution in [1.82, 2.24) is 14.5 Å². The fourth-order valence-electron chi connectivity index (χ4n) is 3.57. The number of nitrogens with zero attached hydrogens (tertiary/aromatic N) is 3. The highest BCUT2D eigenvalue weighted by Gasteiger charge is 2.21. The molecule has 1 atom stereocenters. The zero-order valence-corrected chi connectivity index (χ0v) is 18.4. The number of benzene rings is 2. The first-order chi connectivity index (χ1) is 14.0. The van der Waals surface area contributed by atoms with Crippen LogP contribution in [-0.2, 0) is 11.3 Å². The van der Waals surface area contributed by atoms with Gasteiger partial charge in [0.2, 0.25) is 5.91 Å². The molecule has 2 aromatic carbocycles. The van der Waals surface area contributed by atoms with Crippen LogP contribution in [0.15, 0.2) is 64.1 Å². The molecule has 0 N–H and O–H groups in total. The fourth-order valence-corrected chi connectivity index (χ4v) is 4.18. The number of carbonyl (C=O) groups excluding carboxylic acids is 1. The van der Waals surface area contributed by atoms with Crippen molar-refractivity contribution in [2.24, 2.45) is 0 Å². The van der Waals surface area contributed by atoms with E-state index in [1.54, 1.807) is 17.0 Å². The van der Waals surface area contributed by atoms with E-state index in [4.69, 9.17) is 0 Å². The number of carbonyl (C=O) groups is 1. The van der Waals surface area contributed by atoms with Crippen LogP contribution in [0.2, 0.25) is 0 Å². The molecular formula is C23H26BrN3O2. The molecule has 0 aliphatic rings. The van der Waals surface area contributed by atoms with E-state index >= 15 is 0 Å². The van der Waals surface area contributed by atoms with Crippen LogP contribution >= 0.6 is 15.9 Å². The highest BCUT2D eigenvalue weighted by molar-refractivity contribution is 9.10. The third-order valence-electron chi connectivity index (χ3n) is 5.13. The number of fused-ring (bicyclic) bond motifs is 1. The fraction of sp³-hybridized carbons (Fsp3) is 0.348. The highest BCUT2D eigenvalue weighted by atomic mass is 79.9. The number of aromatic nitrogens is 2. The largest absolute Gasteiger partial charge is 0.336 e. The normalized spacial score (nSPS) is 12.1. The summed E-state index contributed by atoms with van der Waals surface area (Å²) in [5.74, 6) is 0.108. The Morgan fingerprint density at radius 1 is 1.17 bits per heavy atom. The maximum absolute atomic E-state index is 13.0. The summed E-state index contributed by atoms with van der Waals surface area (Å²) in [4.78, 5) is 31.8. The van der Waals surface area contributed by atoms with Crippen LogP contribution in [-0.4, -0.2) is 26.9 Å². The van der Waals surface area contributed by atoms with E-state index in [1.807, 2.05) is 47.4 Å². The minimum atomic E-state index is -0.0601. The zero-order valence-electron chi connectivity index (χ0n) is 16.8. The second-order valence-corrected chi connectivity index (χ2v) is 8.00. The Morgan fingerprint density at radius 2 is 1.90 bits per heavy atom. The molecule has 0 saturated carbocycles. The topological polar surface area (TPSA) is 55.2 Å². The number of hydrogen-bond acceptors (Lipinski definition) is 3. The van der Waals surface area contributed by atoms with Crippen molar-refractivity contribution in [3.8, 4) is 0 Å². The third-order valence-corrected chi connectivity index (χ3v) is 5.85. The average molecular weight is 456 g/mol. The number of aryl methyl sites for hydroxylation is 1. The molecule has 0 spiro atoms. The van der Waals surface area contributed by atoms with Gasteiger partial charge in [-0.25, -0.2) is 4.98 Å². The summed E-state index contributed by atoms with van der Waals surface area (Å²) in [6, 6.07) is 15.3. The van der Waals surface area contributed by atoms with Crippen LogP contribution < -0.4 is 5.56 Å². The van der Waals surface area contributed by atoms with Crippen LogP contribution in [0.4, 0.5) is 0 Å². The smallest absolute Gasteiger partial charge is 0.261 e. The molecule has 3 rings (SSSR count). The van der Waals surface area contributed by atoms with Gasteiger partial charge in [-0.3, -0.25) is 14.2 Å². The highest BCUT2D eigenvalue weighted by Crippen LogP contribution is 2.28. The van der Waals surface area contributed by atoms with Gasteiger partial charge in [0.1, 0.15) is 0 Å². The van der Waals surface area contributed by atoms with Crippen molar-refractivity contribution in [1.29, 1.82) is 0 Å². The number of rotatable bonds is 8. The summed E-state index contributed by atoms with van der Waals surface area (Å²) in [7, 11) is 0. The van der Waals surface area contributed by atoms with Gasteiger partial charge < -0.3 is 4.90 Å². The van der Waals surface area contributed by atoms with Gasteiger partial charge in [-0.2, -0.15) is 0 Å². The monoisotopic (exact) mass is 455 g/mol. The maximum atomic E-state index is 13.0. The summed E-state index contributed by atoms with van der Waals surface area (Å²) in [6.07, 6.45) is 3.47. The second kappa shape index (κ2) is 9.83. The van der Waals surface area contributed by atoms with Gasteiger partial charge in [0.15, 0.2) is 0 Å². The van der Waals surface area contributed by atoms with Gasteiger partial charge in [0.05, 0.1) is 23.3 Å². The van der Waals surface area contributed by atoms with Crippen molar-refractivity contribution in [3.05, 3.63) is 75.2 Å². The molecular weight excluding hydrogens is 430 g/mol. The minimum absolute atomic E-state index is 0.0110. The van der Waals surface area contributed by atoms with E-state index in [9.17, 15) is 9.59 Å². The number of para-hydroxylation sites is 1. The van der Waals surface area contributed by atoms with Gasteiger partial charge in [-0.1, -0.05) is 53.2 Å². The molecule has 5 nitrogen and oxygen atoms in total. The van der Waals surface area contributed by atoms with Gasteiger partial charge in [-0.15, -0.1) is 0 Å². The Balaban J connectivity index is 1.67. The Bertz CT molecular complexity index is 1050. The van der Waals surface area contributed by atoms with Crippen molar-refractivity contribution >= 4 is 32.7 Å². The van der Waals surface area contributed by atoms with Crippen molar-refractivity contribution in [2.75, 3.05) is 6.54 Å². The van der Waals surface area contributed by atoms with Gasteiger partial charge in [0, 0.05) is 24.0 Å². The lowest BCUT2D eigenvalue weighted by molar-refractivity contribution is -0.133. The molecule has 0 aliphatic carbocycles. The second-order valence-electron chi connectivity index (χ2n) is 7.15. The van der Waals surface area contributed by atoms with Crippen molar-refractivity contribution in [2.45, 2.75) is 45.7 Å². The Hall–Kier alpha value is -2.47. The molecule has 0 saturated heterocycles. The van der Waals surface area contributed by atoms with Crippen molar-refractivity contribution in [3.63, 3.8) is 0 Å². The lowest BCUT2D eigenvalue weighted by Crippen LogP contribution is -2.34. The molecule has 0 bridgehead atoms. The first kappa shape index (κ1) is 21.2. The summed E-state index contributed by atoms with van der Waals surface area (Å²) in [5.41, 5.74) is 1.74. The Morgan fingerprint density at radius 3 is 2.66 bits per heavy atom. The molecule has 0 fully saturated rings. The number of hydrogen-bond donors (Lipinski definition) is 0. The summed E-state index contributed by atoms with van der Waals surface area (Å²) in [5, 5.41) is 0.608. The minimum Gasteiger partial charge on any atom is -0.336 e. The zero-order chi connectivity index (χ0) is 20.8. The summed E-state index contributed by atoms with van der Waals surface area (Å²) < 4.78 is 2.60. The van der Waals surface area contributed by atoms with Gasteiger partial charge >= 0.3 is 0 Å². The van der Waals surface area contributed by atoms with Crippen LogP contribution in [0.5, 0.6) is 0 Å².